The Kier molecular flexibility index (Phi) is 9.62. The second kappa shape index (κ2) is 12.4. The van der Waals surface area contributed by atoms with Crippen molar-refractivity contribution in [1.29, 1.82) is 0 Å². The zero-order valence-corrected chi connectivity index (χ0v) is 19.0. The fourth-order valence-corrected chi connectivity index (χ4v) is 2.95. The van der Waals surface area contributed by atoms with Gasteiger partial charge >= 0.3 is 5.97 Å². The van der Waals surface area contributed by atoms with Gasteiger partial charge in [-0.05, 0) is 55.3 Å². The van der Waals surface area contributed by atoms with E-state index in [1.54, 1.807) is 25.1 Å². The summed E-state index contributed by atoms with van der Waals surface area (Å²) in [7, 11) is 0. The summed E-state index contributed by atoms with van der Waals surface area (Å²) in [6, 6.07) is 7.80. The Morgan fingerprint density at radius 3 is 2.64 bits per heavy atom. The lowest BCUT2D eigenvalue weighted by molar-refractivity contribution is -0.128. The summed E-state index contributed by atoms with van der Waals surface area (Å²) in [5, 5.41) is 12.3. The monoisotopic (exact) mass is 454 g/mol. The summed E-state index contributed by atoms with van der Waals surface area (Å²) in [4.78, 5) is 36.4. The molecule has 1 aromatic carbocycles. The van der Waals surface area contributed by atoms with Crippen LogP contribution >= 0.6 is 0 Å². The smallest absolute Gasteiger partial charge is 0.341 e. The minimum absolute atomic E-state index is 0.0321. The van der Waals surface area contributed by atoms with Gasteiger partial charge in [-0.2, -0.15) is 0 Å². The van der Waals surface area contributed by atoms with Crippen molar-refractivity contribution in [3.05, 3.63) is 59.4 Å². The van der Waals surface area contributed by atoms with Crippen LogP contribution in [0.25, 0.3) is 17.4 Å². The number of benzene rings is 1. The van der Waals surface area contributed by atoms with Crippen molar-refractivity contribution in [2.75, 3.05) is 13.2 Å². The van der Waals surface area contributed by atoms with Gasteiger partial charge in [0.2, 0.25) is 5.91 Å². The normalized spacial score (nSPS) is 11.2. The molecule has 2 aromatic rings. The quantitative estimate of drug-likeness (QED) is 0.203. The molecule has 0 fully saturated rings. The number of furan rings is 1. The highest BCUT2D eigenvalue weighted by atomic mass is 16.5. The molecule has 2 rings (SSSR count). The third-order valence-electron chi connectivity index (χ3n) is 4.72. The van der Waals surface area contributed by atoms with Crippen LogP contribution in [0.4, 0.5) is 0 Å². The van der Waals surface area contributed by atoms with Crippen molar-refractivity contribution >= 4 is 23.9 Å². The number of rotatable bonds is 11. The molecule has 0 radical (unpaired) electrons. The molecule has 1 aromatic heterocycles. The Hall–Kier alpha value is -3.65. The highest BCUT2D eigenvalue weighted by molar-refractivity contribution is 6.09. The van der Waals surface area contributed by atoms with E-state index in [9.17, 15) is 19.5 Å². The molecule has 0 saturated carbocycles. The number of aromatic hydroxyl groups is 1. The molecule has 0 aliphatic carbocycles. The summed E-state index contributed by atoms with van der Waals surface area (Å²) < 4.78 is 11.0. The number of nitrogens with one attached hydrogen (secondary N) is 1. The van der Waals surface area contributed by atoms with Crippen molar-refractivity contribution in [2.24, 2.45) is 5.73 Å². The molecule has 0 bridgehead atoms. The third kappa shape index (κ3) is 7.47. The highest BCUT2D eigenvalue weighted by Gasteiger charge is 2.17. The average Bonchev–Trinajstić information content (AvgIpc) is 3.23. The fraction of sp³-hybridized carbons (Fsp3) is 0.320. The van der Waals surface area contributed by atoms with E-state index in [1.165, 1.54) is 18.2 Å². The maximum atomic E-state index is 12.4. The van der Waals surface area contributed by atoms with E-state index >= 15 is 0 Å². The lowest BCUT2D eigenvalue weighted by Gasteiger charge is -2.08. The van der Waals surface area contributed by atoms with Gasteiger partial charge in [-0.3, -0.25) is 14.9 Å². The number of phenolic OH excluding ortho intramolecular Hbond substituents is 1. The third-order valence-corrected chi connectivity index (χ3v) is 4.72. The minimum Gasteiger partial charge on any atom is -0.507 e. The predicted molar refractivity (Wildman–Crippen MR) is 125 cm³/mol. The van der Waals surface area contributed by atoms with Gasteiger partial charge in [-0.15, -0.1) is 0 Å². The minimum atomic E-state index is -0.611. The second-order valence-corrected chi connectivity index (χ2v) is 7.53. The van der Waals surface area contributed by atoms with Crippen LogP contribution in [0.3, 0.4) is 0 Å². The van der Waals surface area contributed by atoms with Crippen LogP contribution in [0.5, 0.6) is 5.75 Å². The number of hydrogen-bond acceptors (Lipinski definition) is 7. The largest absolute Gasteiger partial charge is 0.507 e. The maximum absolute atomic E-state index is 12.4. The summed E-state index contributed by atoms with van der Waals surface area (Å²) in [6.07, 6.45) is 4.22. The molecule has 2 amide bonds. The van der Waals surface area contributed by atoms with E-state index < -0.39 is 17.8 Å². The summed E-state index contributed by atoms with van der Waals surface area (Å²) in [5.74, 6) is -1.11. The van der Waals surface area contributed by atoms with E-state index in [-0.39, 0.29) is 36.5 Å². The zero-order chi connectivity index (χ0) is 24.4. The molecule has 0 aliphatic rings. The molecule has 8 nitrogen and oxygen atoms in total. The van der Waals surface area contributed by atoms with E-state index in [4.69, 9.17) is 14.9 Å². The number of amides is 2. The summed E-state index contributed by atoms with van der Waals surface area (Å²) in [6.45, 7) is 7.89. The van der Waals surface area contributed by atoms with Crippen LogP contribution in [0.2, 0.25) is 0 Å². The molecule has 176 valence electrons. The highest BCUT2D eigenvalue weighted by Crippen LogP contribution is 2.29. The number of carbonyl (C=O) groups excluding carboxylic acids is 3. The van der Waals surface area contributed by atoms with Crippen LogP contribution in [0.15, 0.2) is 52.5 Å². The number of hydrogen-bond donors (Lipinski definition) is 3. The van der Waals surface area contributed by atoms with Crippen LogP contribution < -0.4 is 11.1 Å². The van der Waals surface area contributed by atoms with Crippen molar-refractivity contribution in [3.63, 3.8) is 0 Å². The molecule has 0 aliphatic heterocycles. The van der Waals surface area contributed by atoms with E-state index in [0.717, 1.165) is 19.3 Å². The molecule has 0 unspecified atom stereocenters. The molecule has 8 heteroatoms. The first-order valence-corrected chi connectivity index (χ1v) is 10.8. The van der Waals surface area contributed by atoms with Crippen molar-refractivity contribution < 1.29 is 28.6 Å². The number of unbranched alkanes of at least 4 members (excludes halogenated alkanes) is 2. The molecular weight excluding hydrogens is 424 g/mol. The van der Waals surface area contributed by atoms with Gasteiger partial charge in [0.25, 0.3) is 5.91 Å². The standard InChI is InChI=1S/C25H30N2O6/c1-4-5-6-13-32-25(31)20-14-17(7-9-21(20)28)22-10-8-18(33-22)15-19(16(2)3)24(30)27-23(29)11-12-26/h7-10,14-15,28H,2,4-6,11-13,26H2,1,3H3,(H,27,29,30)/b19-15-. The number of phenols is 1. The first kappa shape index (κ1) is 25.6. The van der Waals surface area contributed by atoms with Gasteiger partial charge in [0.05, 0.1) is 6.61 Å². The first-order valence-electron chi connectivity index (χ1n) is 10.8. The van der Waals surface area contributed by atoms with Crippen LogP contribution in [0.1, 0.15) is 55.6 Å². The Balaban J connectivity index is 2.22. The van der Waals surface area contributed by atoms with Crippen molar-refractivity contribution in [2.45, 2.75) is 39.5 Å². The lowest BCUT2D eigenvalue weighted by atomic mass is 10.1. The maximum Gasteiger partial charge on any atom is 0.341 e. The number of nitrogens with two attached hydrogens (primary N) is 1. The molecular formula is C25H30N2O6. The second-order valence-electron chi connectivity index (χ2n) is 7.53. The predicted octanol–water partition coefficient (Wildman–Crippen LogP) is 3.95. The molecule has 1 heterocycles. The van der Waals surface area contributed by atoms with E-state index in [0.29, 0.717) is 22.7 Å². The first-order chi connectivity index (χ1) is 15.8. The van der Waals surface area contributed by atoms with Gasteiger partial charge in [0, 0.05) is 24.1 Å². The van der Waals surface area contributed by atoms with Crippen LogP contribution in [0, 0.1) is 0 Å². The van der Waals surface area contributed by atoms with Crippen LogP contribution in [-0.4, -0.2) is 36.0 Å². The molecule has 33 heavy (non-hydrogen) atoms. The Morgan fingerprint density at radius 2 is 1.97 bits per heavy atom. The number of ether oxygens (including phenoxy) is 1. The van der Waals surface area contributed by atoms with E-state index in [2.05, 4.69) is 18.8 Å². The van der Waals surface area contributed by atoms with Gasteiger partial charge in [-0.1, -0.05) is 26.3 Å². The number of carbonyl (C=O) groups is 3. The Bertz CT molecular complexity index is 1050. The number of esters is 1. The Morgan fingerprint density at radius 1 is 1.21 bits per heavy atom. The van der Waals surface area contributed by atoms with Gasteiger partial charge in [0.1, 0.15) is 22.8 Å². The Labute approximate surface area is 193 Å². The summed E-state index contributed by atoms with van der Waals surface area (Å²) in [5.41, 5.74) is 6.55. The molecule has 0 saturated heterocycles. The van der Waals surface area contributed by atoms with E-state index in [1.807, 2.05) is 0 Å². The van der Waals surface area contributed by atoms with Crippen molar-refractivity contribution in [3.8, 4) is 17.1 Å². The fourth-order valence-electron chi connectivity index (χ4n) is 2.95. The van der Waals surface area contributed by atoms with Crippen LogP contribution in [-0.2, 0) is 14.3 Å². The zero-order valence-electron chi connectivity index (χ0n) is 19.0. The van der Waals surface area contributed by atoms with Gasteiger partial charge < -0.3 is 20.0 Å². The topological polar surface area (TPSA) is 132 Å². The number of imide groups is 1. The van der Waals surface area contributed by atoms with Gasteiger partial charge in [-0.25, -0.2) is 4.79 Å². The molecule has 0 atom stereocenters. The molecule has 4 N–H and O–H groups in total. The van der Waals surface area contributed by atoms with Crippen molar-refractivity contribution in [1.82, 2.24) is 5.32 Å². The SMILES string of the molecule is C=C(C)/C(=C/c1ccc(-c2ccc(O)c(C(=O)OCCCCC)c2)o1)C(=O)NC(=O)CCN. The average molecular weight is 455 g/mol. The van der Waals surface area contributed by atoms with Gasteiger partial charge in [0.15, 0.2) is 0 Å². The summed E-state index contributed by atoms with van der Waals surface area (Å²) >= 11 is 0. The lowest BCUT2D eigenvalue weighted by Crippen LogP contribution is -2.33. The molecule has 0 spiro atoms.